The van der Waals surface area contributed by atoms with Crippen LogP contribution in [0.2, 0.25) is 0 Å². The highest BCUT2D eigenvalue weighted by Crippen LogP contribution is 2.63. The second-order valence-electron chi connectivity index (χ2n) is 11.0. The summed E-state index contributed by atoms with van der Waals surface area (Å²) >= 11 is 0. The van der Waals surface area contributed by atoms with Crippen LogP contribution in [0.25, 0.3) is 0 Å². The van der Waals surface area contributed by atoms with Crippen molar-refractivity contribution in [1.82, 2.24) is 4.98 Å². The maximum Gasteiger partial charge on any atom is 0.213 e. The number of nitrogens with zero attached hydrogens (tertiary/aromatic N) is 1. The monoisotopic (exact) mass is 455 g/mol. The molecule has 184 valence electrons. The summed E-state index contributed by atoms with van der Waals surface area (Å²) in [6.45, 7) is 15.0. The Morgan fingerprint density at radius 3 is 2.61 bits per heavy atom. The van der Waals surface area contributed by atoms with Gasteiger partial charge in [-0.25, -0.2) is 4.98 Å². The summed E-state index contributed by atoms with van der Waals surface area (Å²) in [7, 11) is 0. The molecule has 2 heterocycles. The van der Waals surface area contributed by atoms with Crippen molar-refractivity contribution in [2.75, 3.05) is 13.2 Å². The van der Waals surface area contributed by atoms with E-state index in [1.165, 1.54) is 44.1 Å². The first-order valence-electron chi connectivity index (χ1n) is 13.5. The van der Waals surface area contributed by atoms with Crippen molar-refractivity contribution in [1.29, 1.82) is 0 Å². The number of ether oxygens (including phenoxy) is 3. The van der Waals surface area contributed by atoms with Crippen LogP contribution in [-0.2, 0) is 9.47 Å². The maximum atomic E-state index is 6.69. The Hall–Kier alpha value is -1.39. The van der Waals surface area contributed by atoms with Gasteiger partial charge in [0.1, 0.15) is 0 Å². The second kappa shape index (κ2) is 10.5. The normalized spacial score (nSPS) is 38.6. The predicted octanol–water partition coefficient (Wildman–Crippen LogP) is 7.20. The third kappa shape index (κ3) is 4.75. The number of pyridine rings is 1. The Morgan fingerprint density at radius 2 is 1.88 bits per heavy atom. The zero-order chi connectivity index (χ0) is 23.5. The van der Waals surface area contributed by atoms with Crippen LogP contribution in [0.15, 0.2) is 36.5 Å². The van der Waals surface area contributed by atoms with Gasteiger partial charge >= 0.3 is 0 Å². The molecule has 5 rings (SSSR count). The van der Waals surface area contributed by atoms with Gasteiger partial charge in [0, 0.05) is 23.6 Å². The van der Waals surface area contributed by atoms with Crippen LogP contribution in [0.4, 0.5) is 0 Å². The topological polar surface area (TPSA) is 40.6 Å². The van der Waals surface area contributed by atoms with Crippen molar-refractivity contribution in [3.63, 3.8) is 0 Å². The number of fused-ring (bicyclic) bond motifs is 3. The molecule has 1 aromatic heterocycles. The van der Waals surface area contributed by atoms with Crippen LogP contribution < -0.4 is 4.74 Å². The maximum absolute atomic E-state index is 6.69. The standard InChI is InChI=1S/C27H39NO3.C2H6/c1-19-11-12-22-26(2,21(19)14-17-29-24-10-6-7-16-28-24)15-13-23-27(22,3)18-30-25(31-23)20-8-4-5-9-20;1-2/h6-7,10,16,20-23,25H,1,4-5,8-9,11-15,17-18H2,2-3H3;1-2H3/t21-,22?,23-,25-,26+,27+;/m1./s1. The van der Waals surface area contributed by atoms with Gasteiger partial charge in [0.25, 0.3) is 0 Å². The van der Waals surface area contributed by atoms with Crippen molar-refractivity contribution in [3.8, 4) is 5.88 Å². The zero-order valence-corrected chi connectivity index (χ0v) is 21.4. The van der Waals surface area contributed by atoms with Crippen LogP contribution in [0.3, 0.4) is 0 Å². The molecule has 0 aromatic carbocycles. The number of hydrogen-bond donors (Lipinski definition) is 0. The fourth-order valence-electron chi connectivity index (χ4n) is 7.57. The summed E-state index contributed by atoms with van der Waals surface area (Å²) < 4.78 is 19.1. The Labute approximate surface area is 201 Å². The molecule has 4 fully saturated rings. The lowest BCUT2D eigenvalue weighted by molar-refractivity contribution is -0.316. The van der Waals surface area contributed by atoms with Gasteiger partial charge in [-0.3, -0.25) is 0 Å². The molecule has 4 aliphatic rings. The molecule has 0 radical (unpaired) electrons. The summed E-state index contributed by atoms with van der Waals surface area (Å²) in [5.74, 6) is 2.42. The highest BCUT2D eigenvalue weighted by atomic mass is 16.7. The molecule has 4 heteroatoms. The molecular weight excluding hydrogens is 410 g/mol. The van der Waals surface area contributed by atoms with E-state index in [4.69, 9.17) is 14.2 Å². The SMILES string of the molecule is C=C1CCC2[C@]3(C)CO[C@@H](C4CCCC4)O[C@@H]3CC[C@@]2(C)[C@@H]1CCOc1ccccn1.CC. The Kier molecular flexibility index (Phi) is 7.85. The van der Waals surface area contributed by atoms with E-state index in [1.54, 1.807) is 6.20 Å². The van der Waals surface area contributed by atoms with Gasteiger partial charge in [-0.2, -0.15) is 0 Å². The minimum Gasteiger partial charge on any atom is -0.478 e. The van der Waals surface area contributed by atoms with E-state index < -0.39 is 0 Å². The van der Waals surface area contributed by atoms with E-state index in [-0.39, 0.29) is 17.1 Å². The fraction of sp³-hybridized carbons (Fsp3) is 0.759. The minimum atomic E-state index is 0.0334. The zero-order valence-electron chi connectivity index (χ0n) is 21.4. The van der Waals surface area contributed by atoms with Crippen molar-refractivity contribution < 1.29 is 14.2 Å². The van der Waals surface area contributed by atoms with Crippen molar-refractivity contribution >= 4 is 0 Å². The fourth-order valence-corrected chi connectivity index (χ4v) is 7.57. The second-order valence-corrected chi connectivity index (χ2v) is 11.0. The average molecular weight is 456 g/mol. The van der Waals surface area contributed by atoms with Crippen molar-refractivity contribution in [3.05, 3.63) is 36.5 Å². The third-order valence-corrected chi connectivity index (χ3v) is 9.25. The Morgan fingerprint density at radius 1 is 1.09 bits per heavy atom. The summed E-state index contributed by atoms with van der Waals surface area (Å²) in [4.78, 5) is 4.31. The number of allylic oxidation sites excluding steroid dienone is 1. The van der Waals surface area contributed by atoms with Gasteiger partial charge in [0.2, 0.25) is 5.88 Å². The molecule has 0 N–H and O–H groups in total. The minimum absolute atomic E-state index is 0.0334. The van der Waals surface area contributed by atoms with Crippen LogP contribution in [-0.4, -0.2) is 30.6 Å². The van der Waals surface area contributed by atoms with Gasteiger partial charge in [-0.15, -0.1) is 0 Å². The smallest absolute Gasteiger partial charge is 0.213 e. The van der Waals surface area contributed by atoms with Gasteiger partial charge in [-0.05, 0) is 68.3 Å². The molecule has 0 bridgehead atoms. The highest BCUT2D eigenvalue weighted by Gasteiger charge is 2.60. The Balaban J connectivity index is 0.00000126. The molecule has 1 unspecified atom stereocenters. The lowest BCUT2D eigenvalue weighted by atomic mass is 9.46. The summed E-state index contributed by atoms with van der Waals surface area (Å²) in [5.41, 5.74) is 1.75. The van der Waals surface area contributed by atoms with E-state index in [1.807, 2.05) is 32.0 Å². The van der Waals surface area contributed by atoms with E-state index in [0.29, 0.717) is 36.3 Å². The molecule has 1 saturated heterocycles. The van der Waals surface area contributed by atoms with E-state index in [0.717, 1.165) is 25.9 Å². The largest absolute Gasteiger partial charge is 0.478 e. The van der Waals surface area contributed by atoms with Gasteiger partial charge in [0.05, 0.1) is 19.3 Å². The number of hydrogen-bond acceptors (Lipinski definition) is 4. The first-order valence-corrected chi connectivity index (χ1v) is 13.5. The molecule has 4 nitrogen and oxygen atoms in total. The van der Waals surface area contributed by atoms with Crippen LogP contribution in [0.5, 0.6) is 5.88 Å². The van der Waals surface area contributed by atoms with Crippen LogP contribution >= 0.6 is 0 Å². The Bertz CT molecular complexity index is 776. The molecular formula is C29H45NO3. The summed E-state index contributed by atoms with van der Waals surface area (Å²) in [6.07, 6.45) is 13.1. The molecule has 3 saturated carbocycles. The van der Waals surface area contributed by atoms with E-state index in [2.05, 4.69) is 25.4 Å². The number of rotatable bonds is 5. The van der Waals surface area contributed by atoms with Gasteiger partial charge in [0.15, 0.2) is 6.29 Å². The molecule has 0 amide bonds. The van der Waals surface area contributed by atoms with E-state index >= 15 is 0 Å². The summed E-state index contributed by atoms with van der Waals surface area (Å²) in [5, 5.41) is 0. The molecule has 33 heavy (non-hydrogen) atoms. The van der Waals surface area contributed by atoms with Crippen LogP contribution in [0, 0.1) is 28.6 Å². The van der Waals surface area contributed by atoms with Gasteiger partial charge < -0.3 is 14.2 Å². The average Bonchev–Trinajstić information content (AvgIpc) is 3.37. The quantitative estimate of drug-likeness (QED) is 0.440. The predicted molar refractivity (Wildman–Crippen MR) is 133 cm³/mol. The van der Waals surface area contributed by atoms with Crippen molar-refractivity contribution in [2.24, 2.45) is 28.6 Å². The number of aromatic nitrogens is 1. The molecule has 1 aliphatic heterocycles. The molecule has 1 aromatic rings. The van der Waals surface area contributed by atoms with Gasteiger partial charge in [-0.1, -0.05) is 58.8 Å². The highest BCUT2D eigenvalue weighted by molar-refractivity contribution is 5.18. The van der Waals surface area contributed by atoms with Crippen molar-refractivity contribution in [2.45, 2.75) is 97.9 Å². The first-order chi connectivity index (χ1) is 16.0. The molecule has 0 spiro atoms. The lowest BCUT2D eigenvalue weighted by Crippen LogP contribution is -2.62. The molecule has 6 atom stereocenters. The first kappa shape index (κ1) is 24.7. The molecule has 3 aliphatic carbocycles. The van der Waals surface area contributed by atoms with E-state index in [9.17, 15) is 0 Å². The van der Waals surface area contributed by atoms with Crippen LogP contribution in [0.1, 0.15) is 85.5 Å². The summed E-state index contributed by atoms with van der Waals surface area (Å²) in [6, 6.07) is 5.83. The third-order valence-electron chi connectivity index (χ3n) is 9.25. The lowest BCUT2D eigenvalue weighted by Gasteiger charge is -2.63.